The van der Waals surface area contributed by atoms with Crippen LogP contribution in [0.5, 0.6) is 0 Å². The van der Waals surface area contributed by atoms with Crippen molar-refractivity contribution in [1.29, 1.82) is 0 Å². The van der Waals surface area contributed by atoms with E-state index in [-0.39, 0.29) is 0 Å². The van der Waals surface area contributed by atoms with E-state index in [2.05, 4.69) is 22.5 Å². The Labute approximate surface area is 173 Å². The Morgan fingerprint density at radius 3 is 2.39 bits per heavy atom. The second kappa shape index (κ2) is 9.98. The molecule has 7 nitrogen and oxygen atoms in total. The van der Waals surface area contributed by atoms with Gasteiger partial charge in [-0.15, -0.1) is 0 Å². The molecule has 2 saturated heterocycles. The Morgan fingerprint density at radius 1 is 1.14 bits per heavy atom. The lowest BCUT2D eigenvalue weighted by Crippen LogP contribution is -2.46. The first-order chi connectivity index (χ1) is 13.5. The van der Waals surface area contributed by atoms with Gasteiger partial charge in [0.2, 0.25) is 10.0 Å². The molecule has 1 aromatic carbocycles. The van der Waals surface area contributed by atoms with Crippen molar-refractivity contribution in [3.8, 4) is 0 Å². The van der Waals surface area contributed by atoms with Crippen molar-refractivity contribution < 1.29 is 13.2 Å². The number of piperidine rings is 1. The van der Waals surface area contributed by atoms with Gasteiger partial charge in [-0.2, -0.15) is 4.31 Å². The normalized spacial score (nSPS) is 20.0. The fourth-order valence-electron chi connectivity index (χ4n) is 3.62. The van der Waals surface area contributed by atoms with Crippen LogP contribution in [-0.4, -0.2) is 74.7 Å². The number of hydrogen-bond donors (Lipinski definition) is 2. The van der Waals surface area contributed by atoms with Crippen LogP contribution in [0.3, 0.4) is 0 Å². The fraction of sp³-hybridized carbons (Fsp3) is 0.632. The zero-order valence-corrected chi connectivity index (χ0v) is 18.0. The number of anilines is 1. The van der Waals surface area contributed by atoms with Crippen LogP contribution in [0.1, 0.15) is 26.2 Å². The molecule has 0 unspecified atom stereocenters. The molecule has 2 N–H and O–H groups in total. The number of sulfonamides is 1. The quantitative estimate of drug-likeness (QED) is 0.673. The van der Waals surface area contributed by atoms with Crippen LogP contribution in [0.15, 0.2) is 29.2 Å². The van der Waals surface area contributed by atoms with Crippen molar-refractivity contribution in [2.45, 2.75) is 37.1 Å². The molecule has 28 heavy (non-hydrogen) atoms. The predicted octanol–water partition coefficient (Wildman–Crippen LogP) is 1.87. The first-order valence-corrected chi connectivity index (χ1v) is 11.8. The number of nitrogens with zero attached hydrogens (tertiary/aromatic N) is 2. The molecule has 0 aromatic heterocycles. The molecule has 0 radical (unpaired) electrons. The highest BCUT2D eigenvalue weighted by Crippen LogP contribution is 2.19. The van der Waals surface area contributed by atoms with E-state index >= 15 is 0 Å². The third-order valence-corrected chi connectivity index (χ3v) is 7.32. The summed E-state index contributed by atoms with van der Waals surface area (Å²) in [6.07, 6.45) is 3.35. The average molecular weight is 427 g/mol. The summed E-state index contributed by atoms with van der Waals surface area (Å²) in [6, 6.07) is 7.14. The van der Waals surface area contributed by atoms with E-state index < -0.39 is 10.0 Å². The SMILES string of the molecule is CCCN1CCC(NC(=S)Nc2ccc(S(=O)(=O)N3CCOCC3)cc2)CC1. The molecule has 2 heterocycles. The molecule has 0 saturated carbocycles. The Morgan fingerprint density at radius 2 is 1.79 bits per heavy atom. The molecular formula is C19H30N4O3S2. The number of rotatable bonds is 6. The van der Waals surface area contributed by atoms with Crippen molar-refractivity contribution in [3.63, 3.8) is 0 Å². The number of benzene rings is 1. The Bertz CT molecular complexity index is 741. The van der Waals surface area contributed by atoms with Crippen LogP contribution in [0.25, 0.3) is 0 Å². The zero-order valence-electron chi connectivity index (χ0n) is 16.4. The summed E-state index contributed by atoms with van der Waals surface area (Å²) in [5, 5.41) is 7.12. The molecule has 0 amide bonds. The van der Waals surface area contributed by atoms with Crippen molar-refractivity contribution in [3.05, 3.63) is 24.3 Å². The van der Waals surface area contributed by atoms with Gasteiger partial charge in [-0.1, -0.05) is 6.92 Å². The van der Waals surface area contributed by atoms with Gasteiger partial charge < -0.3 is 20.3 Å². The van der Waals surface area contributed by atoms with E-state index in [0.29, 0.717) is 42.4 Å². The van der Waals surface area contributed by atoms with Gasteiger partial charge in [0.25, 0.3) is 0 Å². The molecule has 2 aliphatic rings. The van der Waals surface area contributed by atoms with Crippen molar-refractivity contribution in [1.82, 2.24) is 14.5 Å². The number of hydrogen-bond acceptors (Lipinski definition) is 5. The number of ether oxygens (including phenoxy) is 1. The summed E-state index contributed by atoms with van der Waals surface area (Å²) in [5.74, 6) is 0. The minimum absolute atomic E-state index is 0.294. The summed E-state index contributed by atoms with van der Waals surface area (Å²) in [5.41, 5.74) is 0.779. The van der Waals surface area contributed by atoms with Gasteiger partial charge in [-0.25, -0.2) is 8.42 Å². The first-order valence-electron chi connectivity index (χ1n) is 9.97. The summed E-state index contributed by atoms with van der Waals surface area (Å²) >= 11 is 5.43. The first kappa shape index (κ1) is 21.4. The maximum Gasteiger partial charge on any atom is 0.243 e. The molecule has 1 aromatic rings. The highest BCUT2D eigenvalue weighted by atomic mass is 32.2. The van der Waals surface area contributed by atoms with Gasteiger partial charge in [-0.05, 0) is 62.3 Å². The van der Waals surface area contributed by atoms with Gasteiger partial charge in [0, 0.05) is 37.9 Å². The molecule has 0 aliphatic carbocycles. The molecular weight excluding hydrogens is 396 g/mol. The minimum Gasteiger partial charge on any atom is -0.379 e. The van der Waals surface area contributed by atoms with E-state index in [4.69, 9.17) is 17.0 Å². The lowest BCUT2D eigenvalue weighted by atomic mass is 10.1. The van der Waals surface area contributed by atoms with Gasteiger partial charge in [0.1, 0.15) is 0 Å². The standard InChI is InChI=1S/C19H30N4O3S2/c1-2-9-22-10-7-17(8-11-22)21-19(27)20-16-3-5-18(6-4-16)28(24,25)23-12-14-26-15-13-23/h3-6,17H,2,7-15H2,1H3,(H2,20,21,27). The summed E-state index contributed by atoms with van der Waals surface area (Å²) in [6.45, 7) is 7.24. The fourth-order valence-corrected chi connectivity index (χ4v) is 5.31. The smallest absolute Gasteiger partial charge is 0.243 e. The van der Waals surface area contributed by atoms with Crippen LogP contribution in [0.2, 0.25) is 0 Å². The molecule has 0 bridgehead atoms. The van der Waals surface area contributed by atoms with E-state index in [9.17, 15) is 8.42 Å². The molecule has 9 heteroatoms. The Kier molecular flexibility index (Phi) is 7.64. The molecule has 3 rings (SSSR count). The topological polar surface area (TPSA) is 73.9 Å². The van der Waals surface area contributed by atoms with Crippen molar-refractivity contribution in [2.24, 2.45) is 0 Å². The molecule has 2 aliphatic heterocycles. The summed E-state index contributed by atoms with van der Waals surface area (Å²) < 4.78 is 32.0. The van der Waals surface area contributed by atoms with Crippen molar-refractivity contribution in [2.75, 3.05) is 51.3 Å². The molecule has 0 spiro atoms. The highest BCUT2D eigenvalue weighted by molar-refractivity contribution is 7.89. The van der Waals surface area contributed by atoms with Crippen LogP contribution < -0.4 is 10.6 Å². The van der Waals surface area contributed by atoms with E-state index in [1.54, 1.807) is 24.3 Å². The zero-order chi connectivity index (χ0) is 20.0. The van der Waals surface area contributed by atoms with Gasteiger partial charge in [-0.3, -0.25) is 0 Å². The van der Waals surface area contributed by atoms with E-state index in [1.807, 2.05) is 0 Å². The Balaban J connectivity index is 1.50. The van der Waals surface area contributed by atoms with Crippen molar-refractivity contribution >= 4 is 33.0 Å². The average Bonchev–Trinajstić information content (AvgIpc) is 2.71. The highest BCUT2D eigenvalue weighted by Gasteiger charge is 2.26. The van der Waals surface area contributed by atoms with E-state index in [0.717, 1.165) is 38.2 Å². The number of morpholine rings is 1. The number of thiocarbonyl (C=S) groups is 1. The lowest BCUT2D eigenvalue weighted by Gasteiger charge is -2.32. The van der Waals surface area contributed by atoms with Crippen LogP contribution >= 0.6 is 12.2 Å². The molecule has 2 fully saturated rings. The predicted molar refractivity (Wildman–Crippen MR) is 115 cm³/mol. The second-order valence-electron chi connectivity index (χ2n) is 7.26. The second-order valence-corrected chi connectivity index (χ2v) is 9.60. The number of nitrogens with one attached hydrogen (secondary N) is 2. The van der Waals surface area contributed by atoms with Gasteiger partial charge in [0.15, 0.2) is 5.11 Å². The van der Waals surface area contributed by atoms with Crippen LogP contribution in [0.4, 0.5) is 5.69 Å². The third kappa shape index (κ3) is 5.64. The minimum atomic E-state index is -3.47. The number of likely N-dealkylation sites (tertiary alicyclic amines) is 1. The largest absolute Gasteiger partial charge is 0.379 e. The van der Waals surface area contributed by atoms with Crippen LogP contribution in [-0.2, 0) is 14.8 Å². The van der Waals surface area contributed by atoms with Gasteiger partial charge >= 0.3 is 0 Å². The van der Waals surface area contributed by atoms with Crippen LogP contribution in [0, 0.1) is 0 Å². The Hall–Kier alpha value is -1.26. The lowest BCUT2D eigenvalue weighted by molar-refractivity contribution is 0.0730. The van der Waals surface area contributed by atoms with Gasteiger partial charge in [0.05, 0.1) is 18.1 Å². The monoisotopic (exact) mass is 426 g/mol. The van der Waals surface area contributed by atoms with E-state index in [1.165, 1.54) is 10.7 Å². The summed E-state index contributed by atoms with van der Waals surface area (Å²) in [4.78, 5) is 2.78. The molecule has 0 atom stereocenters. The maximum absolute atomic E-state index is 12.7. The third-order valence-electron chi connectivity index (χ3n) is 5.18. The molecule has 156 valence electrons. The summed E-state index contributed by atoms with van der Waals surface area (Å²) in [7, 11) is -3.47. The maximum atomic E-state index is 12.7.